The molecule has 2 N–H and O–H groups in total. The van der Waals surface area contributed by atoms with Crippen LogP contribution >= 0.6 is 0 Å². The van der Waals surface area contributed by atoms with Crippen molar-refractivity contribution in [3.63, 3.8) is 0 Å². The number of aliphatic imine (C=N–C) groups is 2. The van der Waals surface area contributed by atoms with E-state index in [4.69, 9.17) is 5.10 Å². The topological polar surface area (TPSA) is 96.0 Å². The molecule has 3 aliphatic heterocycles. The Morgan fingerprint density at radius 1 is 1.31 bits per heavy atom. The molecule has 0 bridgehead atoms. The van der Waals surface area contributed by atoms with Gasteiger partial charge in [-0.2, -0.15) is 10.1 Å². The van der Waals surface area contributed by atoms with Crippen molar-refractivity contribution in [3.05, 3.63) is 48.6 Å². The van der Waals surface area contributed by atoms with Gasteiger partial charge in [-0.1, -0.05) is 24.5 Å². The number of carbonyl (C=O) groups excluding carboxylic acids is 1. The first-order valence-electron chi connectivity index (χ1n) is 9.35. The standard InChI is InChI=1S/C20H20N8O/c1-20(2)9-18(29)24-16-8-13(4-5-15(16)20)23-19-25-17-11-21-6-7-28(17,26-19)14-10-22-27(3)12-14/h4-8,10-12H,9H2,1-3H3,(H-,23,24,26,29)/p+1. The molecule has 0 radical (unpaired) electrons. The number of amides is 1. The van der Waals surface area contributed by atoms with Crippen molar-refractivity contribution in [2.24, 2.45) is 22.1 Å². The second kappa shape index (κ2) is 5.95. The Morgan fingerprint density at radius 2 is 2.17 bits per heavy atom. The van der Waals surface area contributed by atoms with Gasteiger partial charge < -0.3 is 10.6 Å². The summed E-state index contributed by atoms with van der Waals surface area (Å²) in [5.74, 6) is 1.16. The predicted molar refractivity (Wildman–Crippen MR) is 114 cm³/mol. The van der Waals surface area contributed by atoms with Crippen LogP contribution in [0.2, 0.25) is 0 Å². The highest BCUT2D eigenvalue weighted by Crippen LogP contribution is 2.38. The lowest BCUT2D eigenvalue weighted by molar-refractivity contribution is -0.117. The number of aryl methyl sites for hydroxylation is 1. The lowest BCUT2D eigenvalue weighted by atomic mass is 9.78. The van der Waals surface area contributed by atoms with Crippen LogP contribution in [0, 0.1) is 0 Å². The average Bonchev–Trinajstić information content (AvgIpc) is 3.24. The first-order chi connectivity index (χ1) is 13.9. The lowest BCUT2D eigenvalue weighted by Crippen LogP contribution is -2.44. The van der Waals surface area contributed by atoms with E-state index in [0.29, 0.717) is 18.2 Å². The molecule has 9 heteroatoms. The highest BCUT2D eigenvalue weighted by molar-refractivity contribution is 6.38. The van der Waals surface area contributed by atoms with Crippen molar-refractivity contribution < 1.29 is 4.79 Å². The Bertz CT molecular complexity index is 1150. The molecule has 0 fully saturated rings. The van der Waals surface area contributed by atoms with Gasteiger partial charge in [-0.15, -0.1) is 0 Å². The quantitative estimate of drug-likeness (QED) is 0.773. The monoisotopic (exact) mass is 389 g/mol. The molecule has 1 amide bonds. The zero-order valence-corrected chi connectivity index (χ0v) is 16.4. The largest absolute Gasteiger partial charge is 0.326 e. The van der Waals surface area contributed by atoms with Crippen molar-refractivity contribution in [2.75, 3.05) is 10.6 Å². The molecule has 5 rings (SSSR count). The third kappa shape index (κ3) is 2.78. The number of nitrogens with one attached hydrogen (secondary N) is 2. The molecule has 0 saturated carbocycles. The van der Waals surface area contributed by atoms with E-state index in [1.54, 1.807) is 23.3 Å². The fourth-order valence-corrected chi connectivity index (χ4v) is 3.93. The van der Waals surface area contributed by atoms with Gasteiger partial charge in [0.2, 0.25) is 11.6 Å². The second-order valence-corrected chi connectivity index (χ2v) is 8.02. The van der Waals surface area contributed by atoms with Crippen LogP contribution in [-0.4, -0.2) is 33.7 Å². The van der Waals surface area contributed by atoms with Crippen molar-refractivity contribution in [2.45, 2.75) is 25.7 Å². The van der Waals surface area contributed by atoms with Gasteiger partial charge in [0.05, 0.1) is 12.4 Å². The lowest BCUT2D eigenvalue weighted by Gasteiger charge is -2.32. The molecule has 2 aromatic rings. The molecule has 3 aliphatic rings. The van der Waals surface area contributed by atoms with Crippen LogP contribution in [0.15, 0.2) is 58.1 Å². The third-order valence-electron chi connectivity index (χ3n) is 5.35. The summed E-state index contributed by atoms with van der Waals surface area (Å²) >= 11 is 0. The van der Waals surface area contributed by atoms with Gasteiger partial charge in [-0.3, -0.25) is 14.5 Å². The maximum Gasteiger partial charge on any atom is 0.287 e. The summed E-state index contributed by atoms with van der Waals surface area (Å²) in [4.78, 5) is 20.9. The number of hydrogen-bond donors (Lipinski definition) is 2. The normalized spacial score (nSPS) is 23.8. The summed E-state index contributed by atoms with van der Waals surface area (Å²) in [6.07, 6.45) is 9.41. The molecule has 1 aromatic heterocycles. The maximum atomic E-state index is 12.1. The first kappa shape index (κ1) is 17.5. The maximum absolute atomic E-state index is 12.1. The molecular weight excluding hydrogens is 368 g/mol. The van der Waals surface area contributed by atoms with E-state index in [9.17, 15) is 4.79 Å². The molecule has 0 aliphatic carbocycles. The first-order valence-corrected chi connectivity index (χ1v) is 9.35. The SMILES string of the molecule is Cn1cc([N+]23C=CN=CC2=NC(Nc2ccc4c(c2)NC(=O)CC4(C)C)=N3)cn1. The molecular formula is C20H21N8O+. The van der Waals surface area contributed by atoms with Gasteiger partial charge in [0.15, 0.2) is 6.20 Å². The number of anilines is 2. The highest BCUT2D eigenvalue weighted by atomic mass is 16.1. The summed E-state index contributed by atoms with van der Waals surface area (Å²) in [6.45, 7) is 4.16. The highest BCUT2D eigenvalue weighted by Gasteiger charge is 2.43. The number of nitrogens with zero attached hydrogens (tertiary/aromatic N) is 6. The van der Waals surface area contributed by atoms with Gasteiger partial charge in [-0.05, 0) is 22.8 Å². The van der Waals surface area contributed by atoms with Crippen LogP contribution in [0.1, 0.15) is 25.8 Å². The number of benzene rings is 1. The number of amidine groups is 1. The van der Waals surface area contributed by atoms with E-state index in [1.807, 2.05) is 37.6 Å². The van der Waals surface area contributed by atoms with Gasteiger partial charge >= 0.3 is 0 Å². The minimum absolute atomic E-state index is 0.0256. The molecule has 0 spiro atoms. The molecule has 1 atom stereocenters. The zero-order chi connectivity index (χ0) is 20.2. The molecule has 1 unspecified atom stereocenters. The van der Waals surface area contributed by atoms with Crippen LogP contribution < -0.4 is 15.2 Å². The molecule has 0 saturated heterocycles. The molecule has 1 aromatic carbocycles. The number of fused-ring (bicyclic) bond motifs is 2. The van der Waals surface area contributed by atoms with Crippen LogP contribution in [-0.2, 0) is 17.3 Å². The van der Waals surface area contributed by atoms with E-state index in [1.165, 1.54) is 0 Å². The van der Waals surface area contributed by atoms with E-state index in [-0.39, 0.29) is 15.9 Å². The Morgan fingerprint density at radius 3 is 2.97 bits per heavy atom. The van der Waals surface area contributed by atoms with E-state index < -0.39 is 0 Å². The Kier molecular flexibility index (Phi) is 3.59. The van der Waals surface area contributed by atoms with Crippen LogP contribution in [0.5, 0.6) is 0 Å². The third-order valence-corrected chi connectivity index (χ3v) is 5.35. The molecule has 146 valence electrons. The molecule has 29 heavy (non-hydrogen) atoms. The second-order valence-electron chi connectivity index (χ2n) is 8.02. The number of guanidine groups is 1. The van der Waals surface area contributed by atoms with Gasteiger partial charge in [0.1, 0.15) is 12.4 Å². The Balaban J connectivity index is 1.50. The zero-order valence-electron chi connectivity index (χ0n) is 16.4. The molecule has 9 nitrogen and oxygen atoms in total. The smallest absolute Gasteiger partial charge is 0.287 e. The van der Waals surface area contributed by atoms with Crippen molar-refractivity contribution in [1.82, 2.24) is 14.4 Å². The number of hydrogen-bond acceptors (Lipinski definition) is 6. The van der Waals surface area contributed by atoms with E-state index >= 15 is 0 Å². The van der Waals surface area contributed by atoms with Crippen LogP contribution in [0.25, 0.3) is 0 Å². The Labute approximate surface area is 167 Å². The van der Waals surface area contributed by atoms with Gasteiger partial charge in [0, 0.05) is 30.3 Å². The minimum Gasteiger partial charge on any atom is -0.326 e. The predicted octanol–water partition coefficient (Wildman–Crippen LogP) is 2.70. The fourth-order valence-electron chi connectivity index (χ4n) is 3.93. The number of aromatic nitrogens is 2. The summed E-state index contributed by atoms with van der Waals surface area (Å²) in [5, 5.41) is 15.3. The summed E-state index contributed by atoms with van der Waals surface area (Å²) < 4.78 is 1.81. The summed E-state index contributed by atoms with van der Waals surface area (Å²) in [6, 6.07) is 5.95. The van der Waals surface area contributed by atoms with Crippen molar-refractivity contribution in [1.29, 1.82) is 0 Å². The summed E-state index contributed by atoms with van der Waals surface area (Å²) in [5.41, 5.74) is 3.41. The summed E-state index contributed by atoms with van der Waals surface area (Å²) in [7, 11) is 1.86. The van der Waals surface area contributed by atoms with E-state index in [0.717, 1.165) is 22.6 Å². The minimum atomic E-state index is -0.196. The number of carbonyl (C=O) groups is 1. The fraction of sp³-hybridized carbons (Fsp3) is 0.250. The van der Waals surface area contributed by atoms with Crippen molar-refractivity contribution in [3.8, 4) is 0 Å². The van der Waals surface area contributed by atoms with Gasteiger partial charge in [0.25, 0.3) is 11.8 Å². The van der Waals surface area contributed by atoms with Crippen LogP contribution in [0.3, 0.4) is 0 Å². The van der Waals surface area contributed by atoms with Crippen LogP contribution in [0.4, 0.5) is 17.1 Å². The van der Waals surface area contributed by atoms with E-state index in [2.05, 4.69) is 39.6 Å². The number of quaternary nitrogens is 1. The van der Waals surface area contributed by atoms with Gasteiger partial charge in [-0.25, -0.2) is 0 Å². The average molecular weight is 389 g/mol. The Hall–Kier alpha value is -3.59. The number of rotatable bonds is 2. The van der Waals surface area contributed by atoms with Crippen molar-refractivity contribution >= 4 is 41.0 Å². The molecule has 4 heterocycles.